The van der Waals surface area contributed by atoms with Crippen molar-refractivity contribution in [1.29, 1.82) is 0 Å². The van der Waals surface area contributed by atoms with Crippen LogP contribution in [0.2, 0.25) is 0 Å². The Morgan fingerprint density at radius 2 is 1.80 bits per heavy atom. The Morgan fingerprint density at radius 1 is 1.15 bits per heavy atom. The average Bonchev–Trinajstić information content (AvgIpc) is 3.54. The van der Waals surface area contributed by atoms with Gasteiger partial charge in [0.25, 0.3) is 15.9 Å². The predicted octanol–water partition coefficient (Wildman–Crippen LogP) is 2.79. The molecule has 0 saturated carbocycles. The number of hydrogen-bond acceptors (Lipinski definition) is 7. The Bertz CT molecular complexity index is 1320. The number of alkyl carbamates (subject to hydrolysis) is 1. The number of rotatable bonds is 9. The molecule has 1 aliphatic carbocycles. The van der Waals surface area contributed by atoms with Crippen molar-refractivity contribution in [3.8, 4) is 0 Å². The highest BCUT2D eigenvalue weighted by atomic mass is 32.2. The van der Waals surface area contributed by atoms with Crippen molar-refractivity contribution in [2.45, 2.75) is 88.4 Å². The lowest BCUT2D eigenvalue weighted by Crippen LogP contribution is -2.62. The van der Waals surface area contributed by atoms with E-state index in [-0.39, 0.29) is 30.2 Å². The van der Waals surface area contributed by atoms with Gasteiger partial charge in [-0.2, -0.15) is 0 Å². The molecule has 1 aliphatic heterocycles. The Balaban J connectivity index is 1.80. The number of likely N-dealkylation sites (tertiary alicyclic amines) is 1. The summed E-state index contributed by atoms with van der Waals surface area (Å²) in [5.41, 5.74) is -1.67. The van der Waals surface area contributed by atoms with E-state index in [1.165, 1.54) is 29.2 Å². The van der Waals surface area contributed by atoms with Crippen LogP contribution in [-0.4, -0.2) is 66.9 Å². The molecule has 2 aliphatic rings. The number of ether oxygens (including phenoxy) is 1. The summed E-state index contributed by atoms with van der Waals surface area (Å²) in [5.74, 6) is -2.20. The first kappa shape index (κ1) is 31.9. The summed E-state index contributed by atoms with van der Waals surface area (Å²) in [4.78, 5) is 54.5. The molecule has 11 nitrogen and oxygen atoms in total. The van der Waals surface area contributed by atoms with Crippen LogP contribution in [0, 0.1) is 5.92 Å². The zero-order chi connectivity index (χ0) is 30.6. The van der Waals surface area contributed by atoms with Gasteiger partial charge in [-0.25, -0.2) is 17.9 Å². The Morgan fingerprint density at radius 3 is 2.37 bits per heavy atom. The summed E-state index contributed by atoms with van der Waals surface area (Å²) < 4.78 is 33.3. The van der Waals surface area contributed by atoms with Crippen LogP contribution in [0.1, 0.15) is 60.3 Å². The normalized spacial score (nSPS) is 21.6. The smallest absolute Gasteiger partial charge is 0.408 e. The number of nitrogens with one attached hydrogen (secondary N) is 3. The minimum Gasteiger partial charge on any atom is -0.444 e. The fraction of sp³-hybridized carbons (Fsp3) is 0.517. The monoisotopic (exact) mass is 588 g/mol. The molecule has 3 atom stereocenters. The van der Waals surface area contributed by atoms with Gasteiger partial charge in [-0.3, -0.25) is 14.4 Å². The number of benzene rings is 1. The molecule has 0 aromatic heterocycles. The Kier molecular flexibility index (Phi) is 9.68. The molecule has 1 unspecified atom stereocenters. The Labute approximate surface area is 241 Å². The number of allylic oxidation sites excluding steroid dienone is 1. The van der Waals surface area contributed by atoms with Crippen LogP contribution in [0.3, 0.4) is 0 Å². The van der Waals surface area contributed by atoms with E-state index in [2.05, 4.69) is 21.9 Å². The summed E-state index contributed by atoms with van der Waals surface area (Å²) in [5, 5.41) is 5.40. The van der Waals surface area contributed by atoms with Gasteiger partial charge in [0, 0.05) is 13.0 Å². The van der Waals surface area contributed by atoms with E-state index < -0.39 is 57.1 Å². The molecule has 1 saturated heterocycles. The summed E-state index contributed by atoms with van der Waals surface area (Å²) in [6.45, 7) is 12.7. The highest BCUT2D eigenvalue weighted by Gasteiger charge is 2.47. The van der Waals surface area contributed by atoms with Crippen molar-refractivity contribution >= 4 is 33.8 Å². The van der Waals surface area contributed by atoms with Crippen LogP contribution >= 0.6 is 0 Å². The van der Waals surface area contributed by atoms with Gasteiger partial charge in [-0.1, -0.05) is 50.8 Å². The molecule has 12 heteroatoms. The molecule has 1 heterocycles. The fourth-order valence-corrected chi connectivity index (χ4v) is 5.98. The van der Waals surface area contributed by atoms with E-state index in [9.17, 15) is 27.6 Å². The van der Waals surface area contributed by atoms with E-state index in [0.29, 0.717) is 18.4 Å². The quantitative estimate of drug-likeness (QED) is 0.401. The lowest BCUT2D eigenvalue weighted by molar-refractivity contribution is -0.142. The maximum atomic E-state index is 13.7. The standard InChI is InChI=1S/C29H40N4O7S/c1-7-20-15-16-29(18-20,26(36)32-41(38,39)21-12-9-8-10-13-21)31-24(34)22-14-11-17-33(22)25(35)23(19(2)3)30-27(37)40-28(4,5)6/h7-10,12-13,15,19,22-23H,1,11,14,16-18H2,2-6H3,(H,30,37)(H,31,34)(H,32,36)/t22-,23-,29?/m0/s1. The van der Waals surface area contributed by atoms with E-state index in [0.717, 1.165) is 0 Å². The molecule has 3 N–H and O–H groups in total. The lowest BCUT2D eigenvalue weighted by atomic mass is 9.93. The molecule has 3 rings (SSSR count). The van der Waals surface area contributed by atoms with E-state index >= 15 is 0 Å². The van der Waals surface area contributed by atoms with Gasteiger partial charge in [0.1, 0.15) is 23.2 Å². The number of hydrogen-bond donors (Lipinski definition) is 3. The summed E-state index contributed by atoms with van der Waals surface area (Å²) in [6, 6.07) is 5.61. The zero-order valence-corrected chi connectivity index (χ0v) is 25.0. The second kappa shape index (κ2) is 12.5. The van der Waals surface area contributed by atoms with Gasteiger partial charge in [0.15, 0.2) is 0 Å². The minimum absolute atomic E-state index is 0.0356. The molecule has 224 valence electrons. The number of amides is 4. The third-order valence-electron chi connectivity index (χ3n) is 7.00. The van der Waals surface area contributed by atoms with Crippen molar-refractivity contribution in [3.05, 3.63) is 54.6 Å². The molecular formula is C29H40N4O7S. The van der Waals surface area contributed by atoms with Crippen molar-refractivity contribution in [2.75, 3.05) is 6.54 Å². The van der Waals surface area contributed by atoms with Crippen LogP contribution in [0.4, 0.5) is 4.79 Å². The molecule has 0 spiro atoms. The number of carbonyl (C=O) groups excluding carboxylic acids is 4. The van der Waals surface area contributed by atoms with Crippen LogP contribution in [-0.2, 0) is 29.1 Å². The number of carbonyl (C=O) groups is 4. The van der Waals surface area contributed by atoms with Crippen molar-refractivity contribution in [2.24, 2.45) is 5.92 Å². The first-order valence-electron chi connectivity index (χ1n) is 13.6. The molecule has 41 heavy (non-hydrogen) atoms. The third-order valence-corrected chi connectivity index (χ3v) is 8.35. The second-order valence-corrected chi connectivity index (χ2v) is 13.4. The van der Waals surface area contributed by atoms with Gasteiger partial charge in [-0.15, -0.1) is 0 Å². The number of nitrogens with zero attached hydrogens (tertiary/aromatic N) is 1. The van der Waals surface area contributed by atoms with E-state index in [4.69, 9.17) is 4.74 Å². The topological polar surface area (TPSA) is 151 Å². The largest absolute Gasteiger partial charge is 0.444 e. The van der Waals surface area contributed by atoms with Crippen LogP contribution < -0.4 is 15.4 Å². The lowest BCUT2D eigenvalue weighted by Gasteiger charge is -2.34. The molecule has 1 fully saturated rings. The average molecular weight is 589 g/mol. The first-order valence-corrected chi connectivity index (χ1v) is 15.1. The molecule has 4 amide bonds. The second-order valence-electron chi connectivity index (χ2n) is 11.7. The SMILES string of the molecule is C=CC1=CCC(NC(=O)[C@@H]2CCCN2C(=O)[C@@H](NC(=O)OC(C)(C)C)C(C)C)(C(=O)NS(=O)(=O)c2ccccc2)C1. The summed E-state index contributed by atoms with van der Waals surface area (Å²) >= 11 is 0. The molecule has 0 bridgehead atoms. The predicted molar refractivity (Wildman–Crippen MR) is 153 cm³/mol. The zero-order valence-electron chi connectivity index (χ0n) is 24.2. The van der Waals surface area contributed by atoms with E-state index in [1.807, 2.05) is 0 Å². The highest BCUT2D eigenvalue weighted by molar-refractivity contribution is 7.90. The summed E-state index contributed by atoms with van der Waals surface area (Å²) in [6.07, 6.45) is 3.50. The first-order chi connectivity index (χ1) is 19.1. The third kappa shape index (κ3) is 7.75. The molecule has 0 radical (unpaired) electrons. The van der Waals surface area contributed by atoms with Gasteiger partial charge in [0.2, 0.25) is 11.8 Å². The van der Waals surface area contributed by atoms with Gasteiger partial charge in [0.05, 0.1) is 4.90 Å². The molecule has 1 aromatic rings. The van der Waals surface area contributed by atoms with Crippen molar-refractivity contribution in [1.82, 2.24) is 20.3 Å². The maximum Gasteiger partial charge on any atom is 0.408 e. The van der Waals surface area contributed by atoms with Crippen LogP contribution in [0.15, 0.2) is 59.5 Å². The van der Waals surface area contributed by atoms with Crippen molar-refractivity contribution < 1.29 is 32.3 Å². The van der Waals surface area contributed by atoms with Crippen LogP contribution in [0.25, 0.3) is 0 Å². The maximum absolute atomic E-state index is 13.7. The molecule has 1 aromatic carbocycles. The fourth-order valence-electron chi connectivity index (χ4n) is 4.91. The number of sulfonamides is 1. The van der Waals surface area contributed by atoms with Gasteiger partial charge in [-0.05, 0) is 63.7 Å². The minimum atomic E-state index is -4.20. The van der Waals surface area contributed by atoms with Gasteiger partial charge < -0.3 is 20.3 Å². The van der Waals surface area contributed by atoms with Crippen LogP contribution in [0.5, 0.6) is 0 Å². The highest BCUT2D eigenvalue weighted by Crippen LogP contribution is 2.32. The summed E-state index contributed by atoms with van der Waals surface area (Å²) in [7, 11) is -4.20. The Hall–Kier alpha value is -3.67. The van der Waals surface area contributed by atoms with Crippen molar-refractivity contribution in [3.63, 3.8) is 0 Å². The van der Waals surface area contributed by atoms with Gasteiger partial charge >= 0.3 is 6.09 Å². The van der Waals surface area contributed by atoms with E-state index in [1.54, 1.807) is 52.8 Å². The molecular weight excluding hydrogens is 548 g/mol.